The van der Waals surface area contributed by atoms with Crippen molar-refractivity contribution < 1.29 is 29.1 Å². The van der Waals surface area contributed by atoms with E-state index >= 15 is 0 Å². The van der Waals surface area contributed by atoms with E-state index in [1.54, 1.807) is 0 Å². The molecule has 184 valence electrons. The number of likely N-dealkylation sites (tertiary alicyclic amines) is 1. The third-order valence-corrected chi connectivity index (χ3v) is 5.72. The number of nitrogens with one attached hydrogen (secondary N) is 4. The van der Waals surface area contributed by atoms with Gasteiger partial charge in [-0.15, -0.1) is 6.42 Å². The number of hydrogen-bond acceptors (Lipinski definition) is 7. The summed E-state index contributed by atoms with van der Waals surface area (Å²) in [5.74, 6) is -0.820. The predicted octanol–water partition coefficient (Wildman–Crippen LogP) is -1.47. The minimum absolute atomic E-state index is 0.198. The Labute approximate surface area is 198 Å². The van der Waals surface area contributed by atoms with Crippen LogP contribution in [0.4, 0.5) is 0 Å². The van der Waals surface area contributed by atoms with Gasteiger partial charge in [0.25, 0.3) is 5.91 Å². The van der Waals surface area contributed by atoms with Crippen LogP contribution in [0.2, 0.25) is 0 Å². The quantitative estimate of drug-likeness (QED) is 0.199. The number of thioether (sulfide) groups is 1. The fraction of sp³-hybridized carbons (Fsp3) is 0.667. The summed E-state index contributed by atoms with van der Waals surface area (Å²) >= 11 is 1.51. The summed E-state index contributed by atoms with van der Waals surface area (Å²) in [5.41, 5.74) is 0. The summed E-state index contributed by atoms with van der Waals surface area (Å²) in [6, 6.07) is -2.35. The van der Waals surface area contributed by atoms with Crippen LogP contribution in [0.3, 0.4) is 0 Å². The number of terminal acetylenes is 1. The molecule has 0 saturated carbocycles. The number of amides is 4. The molecule has 5 N–H and O–H groups in total. The Morgan fingerprint density at radius 3 is 2.39 bits per heavy atom. The first kappa shape index (κ1) is 28.3. The normalized spacial score (nSPS) is 17.5. The molecule has 0 aromatic rings. The summed E-state index contributed by atoms with van der Waals surface area (Å²) in [4.78, 5) is 62.1. The Balaban J connectivity index is 2.72. The van der Waals surface area contributed by atoms with E-state index in [4.69, 9.17) is 11.5 Å². The second-order valence-corrected chi connectivity index (χ2v) is 8.81. The van der Waals surface area contributed by atoms with Gasteiger partial charge in [-0.25, -0.2) is 0 Å². The van der Waals surface area contributed by atoms with Crippen molar-refractivity contribution in [2.75, 3.05) is 31.6 Å². The maximum absolute atomic E-state index is 12.9. The molecule has 4 amide bonds. The SMILES string of the molecule is C#C[C@H](NC(=O)[C@H](CCSC)NC(=O)[C@@H]1CCCN1C(C)C)C(=O)NCC(=O)NCC(=O)O. The standard InChI is InChI=1S/C21H33N5O6S/c1-5-14(19(30)23-11-17(27)22-12-18(28)29)24-20(31)15(8-10-33-4)25-21(32)16-7-6-9-26(16)13(2)3/h1,13-16H,6-12H2,2-4H3,(H,22,27)(H,23,30)(H,24,31)(H,25,32)(H,28,29)/t14-,15-,16-/m0/s1. The van der Waals surface area contributed by atoms with Crippen LogP contribution in [0, 0.1) is 12.3 Å². The maximum atomic E-state index is 12.9. The van der Waals surface area contributed by atoms with Crippen LogP contribution in [0.15, 0.2) is 0 Å². The van der Waals surface area contributed by atoms with Crippen molar-refractivity contribution in [1.29, 1.82) is 0 Å². The Kier molecular flexibility index (Phi) is 12.3. The van der Waals surface area contributed by atoms with Crippen LogP contribution in [-0.2, 0) is 24.0 Å². The largest absolute Gasteiger partial charge is 0.480 e. The van der Waals surface area contributed by atoms with E-state index in [9.17, 15) is 24.0 Å². The Morgan fingerprint density at radius 2 is 1.82 bits per heavy atom. The third-order valence-electron chi connectivity index (χ3n) is 5.08. The molecule has 0 aromatic heterocycles. The summed E-state index contributed by atoms with van der Waals surface area (Å²) in [6.45, 7) is 3.76. The molecule has 1 fully saturated rings. The lowest BCUT2D eigenvalue weighted by molar-refractivity contribution is -0.138. The number of aliphatic carboxylic acids is 1. The highest BCUT2D eigenvalue weighted by Gasteiger charge is 2.34. The molecular weight excluding hydrogens is 450 g/mol. The van der Waals surface area contributed by atoms with Gasteiger partial charge in [0.2, 0.25) is 17.7 Å². The highest BCUT2D eigenvalue weighted by Crippen LogP contribution is 2.20. The van der Waals surface area contributed by atoms with Gasteiger partial charge in [0.1, 0.15) is 12.6 Å². The molecule has 0 bridgehead atoms. The molecule has 1 heterocycles. The highest BCUT2D eigenvalue weighted by atomic mass is 32.2. The van der Waals surface area contributed by atoms with E-state index in [1.807, 2.05) is 20.1 Å². The van der Waals surface area contributed by atoms with E-state index in [0.717, 1.165) is 13.0 Å². The first-order valence-corrected chi connectivity index (χ1v) is 12.1. The average molecular weight is 484 g/mol. The minimum atomic E-state index is -1.36. The lowest BCUT2D eigenvalue weighted by atomic mass is 10.1. The number of rotatable bonds is 13. The van der Waals surface area contributed by atoms with Gasteiger partial charge in [0.15, 0.2) is 6.04 Å². The van der Waals surface area contributed by atoms with Gasteiger partial charge < -0.3 is 26.4 Å². The van der Waals surface area contributed by atoms with Crippen molar-refractivity contribution in [3.63, 3.8) is 0 Å². The first-order chi connectivity index (χ1) is 15.6. The van der Waals surface area contributed by atoms with Crippen molar-refractivity contribution in [2.45, 2.75) is 57.3 Å². The number of carbonyl (C=O) groups is 5. The van der Waals surface area contributed by atoms with Crippen LogP contribution in [0.1, 0.15) is 33.1 Å². The second kappa shape index (κ2) is 14.4. The van der Waals surface area contributed by atoms with E-state index < -0.39 is 48.9 Å². The number of carboxylic acid groups (broad SMARTS) is 1. The van der Waals surface area contributed by atoms with Crippen LogP contribution in [0.5, 0.6) is 0 Å². The molecule has 0 spiro atoms. The molecule has 0 aromatic carbocycles. The predicted molar refractivity (Wildman–Crippen MR) is 124 cm³/mol. The van der Waals surface area contributed by atoms with Crippen LogP contribution >= 0.6 is 11.8 Å². The monoisotopic (exact) mass is 483 g/mol. The number of carbonyl (C=O) groups excluding carboxylic acids is 4. The molecule has 1 saturated heterocycles. The Hall–Kier alpha value is -2.78. The first-order valence-electron chi connectivity index (χ1n) is 10.7. The van der Waals surface area contributed by atoms with Gasteiger partial charge in [-0.3, -0.25) is 28.9 Å². The van der Waals surface area contributed by atoms with Crippen molar-refractivity contribution in [3.8, 4) is 12.3 Å². The molecular formula is C21H33N5O6S. The lowest BCUT2D eigenvalue weighted by Gasteiger charge is -2.29. The van der Waals surface area contributed by atoms with Crippen molar-refractivity contribution in [3.05, 3.63) is 0 Å². The third kappa shape index (κ3) is 9.71. The summed E-state index contributed by atoms with van der Waals surface area (Å²) in [7, 11) is 0. The zero-order valence-electron chi connectivity index (χ0n) is 19.2. The highest BCUT2D eigenvalue weighted by molar-refractivity contribution is 7.98. The fourth-order valence-corrected chi connectivity index (χ4v) is 3.86. The molecule has 1 rings (SSSR count). The molecule has 1 aliphatic heterocycles. The number of hydrogen-bond donors (Lipinski definition) is 5. The Bertz CT molecular complexity index is 769. The van der Waals surface area contributed by atoms with Gasteiger partial charge in [0, 0.05) is 6.04 Å². The lowest BCUT2D eigenvalue weighted by Crippen LogP contribution is -2.56. The molecule has 11 nitrogen and oxygen atoms in total. The minimum Gasteiger partial charge on any atom is -0.480 e. The van der Waals surface area contributed by atoms with Gasteiger partial charge in [-0.2, -0.15) is 11.8 Å². The zero-order valence-corrected chi connectivity index (χ0v) is 20.0. The molecule has 33 heavy (non-hydrogen) atoms. The molecule has 12 heteroatoms. The van der Waals surface area contributed by atoms with E-state index in [-0.39, 0.29) is 18.0 Å². The van der Waals surface area contributed by atoms with Crippen LogP contribution in [-0.4, -0.2) is 95.4 Å². The van der Waals surface area contributed by atoms with Crippen molar-refractivity contribution in [2.24, 2.45) is 0 Å². The summed E-state index contributed by atoms with van der Waals surface area (Å²) in [6.07, 6.45) is 9.21. The molecule has 3 atom stereocenters. The maximum Gasteiger partial charge on any atom is 0.322 e. The molecule has 1 aliphatic rings. The molecule has 0 unspecified atom stereocenters. The second-order valence-electron chi connectivity index (χ2n) is 7.83. The van der Waals surface area contributed by atoms with Crippen LogP contribution < -0.4 is 21.3 Å². The number of carboxylic acids is 1. The van der Waals surface area contributed by atoms with Crippen molar-refractivity contribution in [1.82, 2.24) is 26.2 Å². The zero-order chi connectivity index (χ0) is 25.0. The van der Waals surface area contributed by atoms with Gasteiger partial charge in [-0.1, -0.05) is 5.92 Å². The van der Waals surface area contributed by atoms with E-state index in [1.165, 1.54) is 11.8 Å². The smallest absolute Gasteiger partial charge is 0.322 e. The summed E-state index contributed by atoms with van der Waals surface area (Å²) in [5, 5.41) is 18.1. The summed E-state index contributed by atoms with van der Waals surface area (Å²) < 4.78 is 0. The van der Waals surface area contributed by atoms with Gasteiger partial charge in [0.05, 0.1) is 12.6 Å². The Morgan fingerprint density at radius 1 is 1.12 bits per heavy atom. The topological polar surface area (TPSA) is 157 Å². The van der Waals surface area contributed by atoms with Crippen molar-refractivity contribution >= 4 is 41.4 Å². The average Bonchev–Trinajstić information content (AvgIpc) is 3.27. The van der Waals surface area contributed by atoms with Crippen LogP contribution in [0.25, 0.3) is 0 Å². The van der Waals surface area contributed by atoms with Gasteiger partial charge >= 0.3 is 5.97 Å². The molecule has 0 radical (unpaired) electrons. The fourth-order valence-electron chi connectivity index (χ4n) is 3.39. The molecule has 0 aliphatic carbocycles. The van der Waals surface area contributed by atoms with E-state index in [0.29, 0.717) is 18.6 Å². The van der Waals surface area contributed by atoms with Gasteiger partial charge in [-0.05, 0) is 51.7 Å². The van der Waals surface area contributed by atoms with E-state index in [2.05, 4.69) is 32.1 Å². The number of nitrogens with zero attached hydrogens (tertiary/aromatic N) is 1.